The maximum Gasteiger partial charge on any atom is 0.175 e. The molecule has 4 aromatic rings. The van der Waals surface area contributed by atoms with Gasteiger partial charge in [0.2, 0.25) is 0 Å². The molecule has 0 aliphatic heterocycles. The molecule has 0 fully saturated rings. The van der Waals surface area contributed by atoms with E-state index in [0.29, 0.717) is 0 Å². The highest BCUT2D eigenvalue weighted by atomic mass is 32.9. The molecule has 0 spiro atoms. The average Bonchev–Trinajstić information content (AvgIpc) is 2.95. The minimum Gasteiger partial charge on any atom is -0.347 e. The van der Waals surface area contributed by atoms with Crippen LogP contribution in [0.4, 0.5) is 0 Å². The number of hydrogen-bond acceptors (Lipinski definition) is 3. The summed E-state index contributed by atoms with van der Waals surface area (Å²) in [5.41, 5.74) is -3.20. The van der Waals surface area contributed by atoms with E-state index in [1.165, 1.54) is 0 Å². The molecule has 0 saturated heterocycles. The Balaban J connectivity index is 2.20. The van der Waals surface area contributed by atoms with Gasteiger partial charge in [-0.15, -0.1) is 0 Å². The second kappa shape index (κ2) is 12.5. The van der Waals surface area contributed by atoms with Crippen molar-refractivity contribution < 1.29 is 4.89 Å². The first-order chi connectivity index (χ1) is 17.8. The van der Waals surface area contributed by atoms with Crippen molar-refractivity contribution >= 4 is 85.1 Å². The van der Waals surface area contributed by atoms with Crippen LogP contribution in [0.25, 0.3) is 0 Å². The van der Waals surface area contributed by atoms with Gasteiger partial charge in [-0.1, -0.05) is 159 Å². The normalized spacial score (nSPS) is 14.2. The van der Waals surface area contributed by atoms with Crippen LogP contribution in [-0.2, 0) is 35.4 Å². The van der Waals surface area contributed by atoms with E-state index in [-0.39, 0.29) is 0 Å². The molecule has 1 N–H and O–H groups in total. The molecular weight excluding hydrogens is 588 g/mol. The third-order valence-corrected chi connectivity index (χ3v) is 32.2. The van der Waals surface area contributed by atoms with Crippen LogP contribution < -0.4 is 21.2 Å². The Kier molecular flexibility index (Phi) is 9.84. The summed E-state index contributed by atoms with van der Waals surface area (Å²) in [5.74, 6) is 1.65. The highest BCUT2D eigenvalue weighted by molar-refractivity contribution is 8.78. The van der Waals surface area contributed by atoms with Gasteiger partial charge in [-0.05, 0) is 23.3 Å². The number of rotatable bonds is 10. The molecule has 0 aromatic heterocycles. The van der Waals surface area contributed by atoms with Crippen molar-refractivity contribution in [2.24, 2.45) is 0 Å². The zero-order valence-electron chi connectivity index (χ0n) is 20.9. The first-order valence-corrected chi connectivity index (χ1v) is 22.8. The quantitative estimate of drug-likeness (QED) is 0.153. The Hall–Kier alpha value is -0.900. The van der Waals surface area contributed by atoms with Crippen molar-refractivity contribution in [2.75, 3.05) is 11.5 Å². The Labute approximate surface area is 239 Å². The third kappa shape index (κ3) is 5.57. The summed E-state index contributed by atoms with van der Waals surface area (Å²) in [5, 5.41) is 4.01. The lowest BCUT2D eigenvalue weighted by molar-refractivity contribution is 0.620. The van der Waals surface area contributed by atoms with E-state index in [4.69, 9.17) is 35.4 Å². The first kappa shape index (κ1) is 29.1. The fourth-order valence-electron chi connectivity index (χ4n) is 4.44. The molecule has 0 bridgehead atoms. The molecule has 1 atom stereocenters. The Bertz CT molecular complexity index is 1270. The maximum atomic E-state index is 12.8. The van der Waals surface area contributed by atoms with Crippen LogP contribution >= 0.6 is 28.5 Å². The Morgan fingerprint density at radius 3 is 1.00 bits per heavy atom. The molecular formula is C28H32NOP3S4. The largest absolute Gasteiger partial charge is 0.347 e. The smallest absolute Gasteiger partial charge is 0.175 e. The zero-order valence-corrected chi connectivity index (χ0v) is 26.9. The molecule has 4 rings (SSSR count). The van der Waals surface area contributed by atoms with Crippen LogP contribution in [0, 0.1) is 0 Å². The molecule has 37 heavy (non-hydrogen) atoms. The summed E-state index contributed by atoms with van der Waals surface area (Å²) in [4.78, 5) is 12.8. The lowest BCUT2D eigenvalue weighted by atomic mass is 10.4. The highest BCUT2D eigenvalue weighted by Crippen LogP contribution is 2.84. The van der Waals surface area contributed by atoms with Gasteiger partial charge in [0.1, 0.15) is 0 Å². The highest BCUT2D eigenvalue weighted by Gasteiger charge is 2.49. The van der Waals surface area contributed by atoms with Gasteiger partial charge in [-0.2, -0.15) is 14.7 Å². The molecule has 0 aliphatic carbocycles. The summed E-state index contributed by atoms with van der Waals surface area (Å²) < 4.78 is 2.21. The summed E-state index contributed by atoms with van der Waals surface area (Å²) in [6.07, 6.45) is -5.73. The lowest BCUT2D eigenvalue weighted by Gasteiger charge is -2.50. The van der Waals surface area contributed by atoms with Gasteiger partial charge in [0.05, 0.1) is 12.4 Å². The molecule has 1 unspecified atom stereocenters. The lowest BCUT2D eigenvalue weighted by Crippen LogP contribution is -2.35. The fraction of sp³-hybridized carbons (Fsp3) is 0.143. The molecule has 4 aromatic carbocycles. The predicted molar refractivity (Wildman–Crippen MR) is 181 cm³/mol. The van der Waals surface area contributed by atoms with Gasteiger partial charge >= 0.3 is 0 Å². The average molecular weight is 620 g/mol. The molecule has 0 radical (unpaired) electrons. The van der Waals surface area contributed by atoms with Gasteiger partial charge in [-0.25, -0.2) is 0 Å². The van der Waals surface area contributed by atoms with Gasteiger partial charge in [0, 0.05) is 21.2 Å². The number of hydrogen-bond donors (Lipinski definition) is 2. The molecule has 0 saturated carbocycles. The van der Waals surface area contributed by atoms with Crippen LogP contribution in [0.1, 0.15) is 13.8 Å². The SMILES string of the molecule is CC[SH](CC)P(O)(=S)N(P(=S)(c1ccccc1)c1ccccc1)P(=S)(c1ccccc1)c1ccccc1. The van der Waals surface area contributed by atoms with Crippen molar-refractivity contribution in [1.82, 2.24) is 4.21 Å². The Morgan fingerprint density at radius 2 is 0.784 bits per heavy atom. The number of thiol groups is 1. The van der Waals surface area contributed by atoms with E-state index >= 15 is 0 Å². The van der Waals surface area contributed by atoms with Crippen molar-refractivity contribution in [1.29, 1.82) is 0 Å². The second-order valence-corrected chi connectivity index (χ2v) is 27.1. The fourth-order valence-corrected chi connectivity index (χ4v) is 34.8. The van der Waals surface area contributed by atoms with Crippen LogP contribution in [-0.4, -0.2) is 20.6 Å². The zero-order chi connectivity index (χ0) is 26.5. The van der Waals surface area contributed by atoms with Crippen molar-refractivity contribution in [3.05, 3.63) is 121 Å². The standard InChI is InChI=1S/C28H32NOP3S4/c1-3-37(4-2)33(30,36)29(31(34,25-17-9-5-10-18-25)26-19-11-6-12-20-26)32(35,27-21-13-7-14-22-27)28-23-15-8-16-24-28/h5-24,37H,3-4H2,1-2H3,(H,30,36). The van der Waals surface area contributed by atoms with E-state index in [2.05, 4.69) is 66.6 Å². The topological polar surface area (TPSA) is 23.5 Å². The molecule has 194 valence electrons. The van der Waals surface area contributed by atoms with E-state index in [1.54, 1.807) is 0 Å². The van der Waals surface area contributed by atoms with E-state index < -0.39 is 28.5 Å². The summed E-state index contributed by atoms with van der Waals surface area (Å²) in [7, 11) is -0.899. The van der Waals surface area contributed by atoms with Crippen LogP contribution in [0.3, 0.4) is 0 Å². The molecule has 0 amide bonds. The van der Waals surface area contributed by atoms with Gasteiger partial charge in [0.25, 0.3) is 0 Å². The Morgan fingerprint density at radius 1 is 0.541 bits per heavy atom. The van der Waals surface area contributed by atoms with Crippen LogP contribution in [0.2, 0.25) is 0 Å². The van der Waals surface area contributed by atoms with Gasteiger partial charge in [-0.3, -0.25) is 0 Å². The van der Waals surface area contributed by atoms with Gasteiger partial charge in [0.15, 0.2) is 5.62 Å². The van der Waals surface area contributed by atoms with Gasteiger partial charge < -0.3 is 4.89 Å². The molecule has 9 heteroatoms. The van der Waals surface area contributed by atoms with Crippen molar-refractivity contribution in [2.45, 2.75) is 13.8 Å². The minimum absolute atomic E-state index is 0.827. The van der Waals surface area contributed by atoms with E-state index in [1.807, 2.05) is 72.8 Å². The summed E-state index contributed by atoms with van der Waals surface area (Å²) in [6.45, 7) is 4.27. The van der Waals surface area contributed by atoms with Crippen LogP contribution in [0.15, 0.2) is 121 Å². The third-order valence-electron chi connectivity index (χ3n) is 6.26. The van der Waals surface area contributed by atoms with E-state index in [9.17, 15) is 4.89 Å². The van der Waals surface area contributed by atoms with E-state index in [0.717, 1.165) is 32.7 Å². The monoisotopic (exact) mass is 619 g/mol. The predicted octanol–water partition coefficient (Wildman–Crippen LogP) is 6.64. The number of benzene rings is 4. The minimum atomic E-state index is -3.20. The number of nitrogens with zero attached hydrogens (tertiary/aromatic N) is 1. The molecule has 0 heterocycles. The second-order valence-electron chi connectivity index (χ2n) is 8.41. The van der Waals surface area contributed by atoms with Crippen molar-refractivity contribution in [3.8, 4) is 0 Å². The summed E-state index contributed by atoms with van der Waals surface area (Å²) >= 11 is 20.2. The maximum absolute atomic E-state index is 12.8. The van der Waals surface area contributed by atoms with Crippen molar-refractivity contribution in [3.63, 3.8) is 0 Å². The van der Waals surface area contributed by atoms with Crippen LogP contribution in [0.5, 0.6) is 0 Å². The molecule has 0 aliphatic rings. The summed E-state index contributed by atoms with van der Waals surface area (Å²) in [6, 6.07) is 40.9. The molecule has 2 nitrogen and oxygen atoms in total. The first-order valence-electron chi connectivity index (χ1n) is 12.1.